The van der Waals surface area contributed by atoms with Gasteiger partial charge in [0.15, 0.2) is 11.5 Å². The third-order valence-corrected chi connectivity index (χ3v) is 5.45. The van der Waals surface area contributed by atoms with Gasteiger partial charge >= 0.3 is 6.03 Å². The number of nitrogens with zero attached hydrogens (tertiary/aromatic N) is 2. The van der Waals surface area contributed by atoms with Crippen molar-refractivity contribution in [1.82, 2.24) is 10.2 Å². The quantitative estimate of drug-likeness (QED) is 0.645. The molecule has 0 atom stereocenters. The van der Waals surface area contributed by atoms with Crippen molar-refractivity contribution in [2.75, 3.05) is 70.8 Å². The van der Waals surface area contributed by atoms with Crippen molar-refractivity contribution in [3.8, 4) is 17.2 Å². The molecule has 0 saturated carbocycles. The van der Waals surface area contributed by atoms with Crippen molar-refractivity contribution in [3.05, 3.63) is 41.4 Å². The largest absolute Gasteiger partial charge is 0.493 e. The van der Waals surface area contributed by atoms with Crippen LogP contribution < -0.4 is 29.7 Å². The van der Waals surface area contributed by atoms with Gasteiger partial charge in [-0.3, -0.25) is 4.90 Å². The lowest BCUT2D eigenvalue weighted by Gasteiger charge is -2.36. The second kappa shape index (κ2) is 11.0. The number of urea groups is 1. The molecule has 2 amide bonds. The summed E-state index contributed by atoms with van der Waals surface area (Å²) in [4.78, 5) is 17.0. The number of piperazine rings is 1. The fourth-order valence-electron chi connectivity index (χ4n) is 3.54. The molecule has 0 spiro atoms. The van der Waals surface area contributed by atoms with E-state index in [4.69, 9.17) is 25.8 Å². The number of carbonyl (C=O) groups is 1. The molecular formula is C22H29ClN4O4. The van der Waals surface area contributed by atoms with Crippen molar-refractivity contribution >= 4 is 29.0 Å². The summed E-state index contributed by atoms with van der Waals surface area (Å²) in [6.07, 6.45) is 0. The van der Waals surface area contributed by atoms with Gasteiger partial charge in [0.05, 0.1) is 27.0 Å². The number of hydrogen-bond donors (Lipinski definition) is 2. The zero-order chi connectivity index (χ0) is 22.2. The minimum Gasteiger partial charge on any atom is -0.493 e. The van der Waals surface area contributed by atoms with E-state index in [9.17, 15) is 4.79 Å². The maximum atomic E-state index is 12.3. The molecule has 31 heavy (non-hydrogen) atoms. The summed E-state index contributed by atoms with van der Waals surface area (Å²) in [7, 11) is 4.61. The molecule has 0 radical (unpaired) electrons. The van der Waals surface area contributed by atoms with Crippen molar-refractivity contribution in [2.24, 2.45) is 0 Å². The molecule has 0 aliphatic carbocycles. The highest BCUT2D eigenvalue weighted by Crippen LogP contribution is 2.39. The maximum Gasteiger partial charge on any atom is 0.319 e. The molecule has 2 N–H and O–H groups in total. The zero-order valence-corrected chi connectivity index (χ0v) is 18.9. The van der Waals surface area contributed by atoms with Gasteiger partial charge < -0.3 is 29.7 Å². The molecule has 0 bridgehead atoms. The van der Waals surface area contributed by atoms with Crippen LogP contribution in [0.4, 0.5) is 16.2 Å². The number of halogens is 1. The van der Waals surface area contributed by atoms with E-state index in [-0.39, 0.29) is 6.03 Å². The summed E-state index contributed by atoms with van der Waals surface area (Å²) < 4.78 is 15.9. The highest BCUT2D eigenvalue weighted by molar-refractivity contribution is 6.30. The Bertz CT molecular complexity index is 845. The van der Waals surface area contributed by atoms with Gasteiger partial charge in [-0.15, -0.1) is 0 Å². The van der Waals surface area contributed by atoms with Crippen molar-refractivity contribution in [3.63, 3.8) is 0 Å². The average Bonchev–Trinajstić information content (AvgIpc) is 2.79. The molecule has 168 valence electrons. The first kappa shape index (κ1) is 22.8. The Morgan fingerprint density at radius 1 is 0.968 bits per heavy atom. The molecular weight excluding hydrogens is 420 g/mol. The van der Waals surface area contributed by atoms with Gasteiger partial charge in [0.25, 0.3) is 0 Å². The summed E-state index contributed by atoms with van der Waals surface area (Å²) in [6, 6.07) is 11.0. The number of hydrogen-bond acceptors (Lipinski definition) is 6. The van der Waals surface area contributed by atoms with Crippen LogP contribution in [0, 0.1) is 0 Å². The van der Waals surface area contributed by atoms with E-state index in [2.05, 4.69) is 20.4 Å². The van der Waals surface area contributed by atoms with Gasteiger partial charge in [0.1, 0.15) is 0 Å². The van der Waals surface area contributed by atoms with Crippen LogP contribution in [0.15, 0.2) is 36.4 Å². The number of amides is 2. The summed E-state index contributed by atoms with van der Waals surface area (Å²) in [5, 5.41) is 6.46. The summed E-state index contributed by atoms with van der Waals surface area (Å²) in [5.41, 5.74) is 1.75. The Labute approximate surface area is 188 Å². The minimum absolute atomic E-state index is 0.283. The second-order valence-corrected chi connectivity index (χ2v) is 7.54. The van der Waals surface area contributed by atoms with E-state index in [1.165, 1.54) is 27.0 Å². The first-order chi connectivity index (χ1) is 15.0. The number of nitrogens with one attached hydrogen (secondary N) is 2. The lowest BCUT2D eigenvalue weighted by molar-refractivity contribution is 0.240. The Hall–Kier alpha value is -2.84. The van der Waals surface area contributed by atoms with E-state index in [0.717, 1.165) is 37.7 Å². The first-order valence-corrected chi connectivity index (χ1v) is 10.5. The van der Waals surface area contributed by atoms with Gasteiger partial charge in [-0.25, -0.2) is 4.79 Å². The smallest absolute Gasteiger partial charge is 0.319 e. The molecule has 1 saturated heterocycles. The van der Waals surface area contributed by atoms with Crippen molar-refractivity contribution in [2.45, 2.75) is 0 Å². The molecule has 1 fully saturated rings. The Kier molecular flexibility index (Phi) is 8.08. The summed E-state index contributed by atoms with van der Waals surface area (Å²) in [6.45, 7) is 5.12. The molecule has 0 unspecified atom stereocenters. The zero-order valence-electron chi connectivity index (χ0n) is 18.1. The van der Waals surface area contributed by atoms with Crippen molar-refractivity contribution in [1.29, 1.82) is 0 Å². The normalized spacial score (nSPS) is 14.1. The average molecular weight is 449 g/mol. The predicted octanol–water partition coefficient (Wildman–Crippen LogP) is 3.31. The maximum absolute atomic E-state index is 12.3. The number of methoxy groups -OCH3 is 3. The lowest BCUT2D eigenvalue weighted by atomic mass is 10.2. The molecule has 8 nitrogen and oxygen atoms in total. The minimum atomic E-state index is -0.283. The van der Waals surface area contributed by atoms with Crippen LogP contribution in [0.1, 0.15) is 0 Å². The molecule has 2 aromatic rings. The van der Waals surface area contributed by atoms with Crippen LogP contribution in [-0.4, -0.2) is 71.5 Å². The van der Waals surface area contributed by atoms with E-state index in [1.54, 1.807) is 12.1 Å². The summed E-state index contributed by atoms with van der Waals surface area (Å²) >= 11 is 5.97. The van der Waals surface area contributed by atoms with Crippen LogP contribution in [0.3, 0.4) is 0 Å². The SMILES string of the molecule is COc1cc(NC(=O)NCCN2CCN(c3ccc(Cl)cc3)CC2)cc(OC)c1OC. The second-order valence-electron chi connectivity index (χ2n) is 7.10. The molecule has 1 aliphatic rings. The topological polar surface area (TPSA) is 75.3 Å². The number of rotatable bonds is 8. The van der Waals surface area contributed by atoms with E-state index in [1.807, 2.05) is 24.3 Å². The molecule has 1 aliphatic heterocycles. The first-order valence-electron chi connectivity index (χ1n) is 10.1. The Balaban J connectivity index is 1.43. The van der Waals surface area contributed by atoms with Crippen LogP contribution >= 0.6 is 11.6 Å². The van der Waals surface area contributed by atoms with E-state index >= 15 is 0 Å². The fourth-order valence-corrected chi connectivity index (χ4v) is 3.66. The highest BCUT2D eigenvalue weighted by Gasteiger charge is 2.18. The van der Waals surface area contributed by atoms with Gasteiger partial charge in [0.2, 0.25) is 5.75 Å². The van der Waals surface area contributed by atoms with Crippen LogP contribution in [0.5, 0.6) is 17.2 Å². The van der Waals surface area contributed by atoms with Crippen molar-refractivity contribution < 1.29 is 19.0 Å². The number of benzene rings is 2. The van der Waals surface area contributed by atoms with Crippen LogP contribution in [0.25, 0.3) is 0 Å². The van der Waals surface area contributed by atoms with Gasteiger partial charge in [-0.1, -0.05) is 11.6 Å². The highest BCUT2D eigenvalue weighted by atomic mass is 35.5. The van der Waals surface area contributed by atoms with Gasteiger partial charge in [-0.2, -0.15) is 0 Å². The van der Waals surface area contributed by atoms with E-state index in [0.29, 0.717) is 29.5 Å². The molecule has 9 heteroatoms. The standard InChI is InChI=1S/C22H29ClN4O4/c1-29-19-14-17(15-20(30-2)21(19)31-3)25-22(28)24-8-9-26-10-12-27(13-11-26)18-6-4-16(23)5-7-18/h4-7,14-15H,8-13H2,1-3H3,(H2,24,25,28). The lowest BCUT2D eigenvalue weighted by Crippen LogP contribution is -2.48. The van der Waals surface area contributed by atoms with Gasteiger partial charge in [0, 0.05) is 62.1 Å². The Morgan fingerprint density at radius 3 is 2.13 bits per heavy atom. The van der Waals surface area contributed by atoms with E-state index < -0.39 is 0 Å². The third-order valence-electron chi connectivity index (χ3n) is 5.20. The number of carbonyl (C=O) groups excluding carboxylic acids is 1. The molecule has 1 heterocycles. The predicted molar refractivity (Wildman–Crippen MR) is 123 cm³/mol. The molecule has 0 aromatic heterocycles. The monoisotopic (exact) mass is 448 g/mol. The molecule has 3 rings (SSSR count). The van der Waals surface area contributed by atoms with Crippen LogP contribution in [-0.2, 0) is 0 Å². The Morgan fingerprint density at radius 2 is 1.58 bits per heavy atom. The third kappa shape index (κ3) is 6.08. The summed E-state index contributed by atoms with van der Waals surface area (Å²) in [5.74, 6) is 1.44. The number of anilines is 2. The number of ether oxygens (including phenoxy) is 3. The molecule has 2 aromatic carbocycles. The van der Waals surface area contributed by atoms with Crippen LogP contribution in [0.2, 0.25) is 5.02 Å². The van der Waals surface area contributed by atoms with Gasteiger partial charge in [-0.05, 0) is 24.3 Å². The fraction of sp³-hybridized carbons (Fsp3) is 0.409.